The van der Waals surface area contributed by atoms with Crippen molar-refractivity contribution in [3.8, 4) is 0 Å². The van der Waals surface area contributed by atoms with Crippen molar-refractivity contribution in [2.24, 2.45) is 5.73 Å². The van der Waals surface area contributed by atoms with E-state index in [9.17, 15) is 52.7 Å². The molecule has 0 bridgehead atoms. The van der Waals surface area contributed by atoms with Crippen molar-refractivity contribution in [1.82, 2.24) is 52.8 Å². The van der Waals surface area contributed by atoms with E-state index in [-0.39, 0.29) is 25.3 Å². The minimum atomic E-state index is -1.27. The number of carbonyl (C=O) groups is 11. The molecule has 2 heterocycles. The minimum Gasteiger partial charge on any atom is -0.480 e. The van der Waals surface area contributed by atoms with E-state index in [1.807, 2.05) is 0 Å². The Kier molecular flexibility index (Phi) is 18.3. The Bertz CT molecular complexity index is 1450. The van der Waals surface area contributed by atoms with E-state index in [0.717, 1.165) is 6.42 Å². The average Bonchev–Trinajstić information content (AvgIpc) is 3.85. The molecule has 2 saturated heterocycles. The smallest absolute Gasteiger partial charge is 0.322 e. The highest BCUT2D eigenvalue weighted by atomic mass is 16.4. The van der Waals surface area contributed by atoms with Gasteiger partial charge in [0.2, 0.25) is 59.1 Å². The first-order chi connectivity index (χ1) is 25.5. The van der Waals surface area contributed by atoms with Crippen molar-refractivity contribution in [1.29, 1.82) is 0 Å². The van der Waals surface area contributed by atoms with Gasteiger partial charge in [-0.15, -0.1) is 0 Å². The molecule has 10 amide bonds. The molecular formula is C31H49N11O12. The lowest BCUT2D eigenvalue weighted by Gasteiger charge is -2.27. The Morgan fingerprint density at radius 3 is 1.89 bits per heavy atom. The lowest BCUT2D eigenvalue weighted by Crippen LogP contribution is -2.56. The Hall–Kier alpha value is -5.87. The van der Waals surface area contributed by atoms with Crippen LogP contribution in [-0.2, 0) is 52.7 Å². The highest BCUT2D eigenvalue weighted by Crippen LogP contribution is 2.18. The summed E-state index contributed by atoms with van der Waals surface area (Å²) in [6, 6.07) is -4.81. The van der Waals surface area contributed by atoms with E-state index in [0.29, 0.717) is 25.8 Å². The normalized spacial score (nSPS) is 17.8. The maximum absolute atomic E-state index is 12.9. The standard InChI is InChI=1S/C31H49N11O12/c1-16(27(50)40-17(2)31(54)42-10-4-6-20(42)30(53)38-15-26(48)49)39-24(46)13-35-22(44)11-34-23(45)12-36-29(52)19(7-8-21(32)43)41-25(47)14-37-28(51)18-5-3-9-33-18/h16-20,33H,3-15H2,1-2H3,(H2,32,43)(H,34,45)(H,35,44)(H,36,52)(H,37,51)(H,38,53)(H,39,46)(H,40,50)(H,41,47)(H,48,49)/t16?,17-,18?,19?,20?/m0/s1. The van der Waals surface area contributed by atoms with Crippen LogP contribution in [0.15, 0.2) is 0 Å². The summed E-state index contributed by atoms with van der Waals surface area (Å²) in [5.41, 5.74) is 5.15. The lowest BCUT2D eigenvalue weighted by atomic mass is 10.1. The zero-order chi connectivity index (χ0) is 40.4. The number of amides is 10. The van der Waals surface area contributed by atoms with Crippen molar-refractivity contribution in [3.63, 3.8) is 0 Å². The summed E-state index contributed by atoms with van der Waals surface area (Å²) in [6.45, 7) is 0.779. The number of nitrogens with one attached hydrogen (secondary N) is 9. The van der Waals surface area contributed by atoms with Gasteiger partial charge in [-0.05, 0) is 52.5 Å². The summed E-state index contributed by atoms with van der Waals surface area (Å²) in [5, 5.41) is 30.3. The predicted octanol–water partition coefficient (Wildman–Crippen LogP) is -6.85. The first-order valence-corrected chi connectivity index (χ1v) is 17.3. The molecule has 5 atom stereocenters. The van der Waals surface area contributed by atoms with Crippen molar-refractivity contribution in [2.75, 3.05) is 45.8 Å². The molecule has 2 rings (SSSR count). The van der Waals surface area contributed by atoms with Gasteiger partial charge in [-0.25, -0.2) is 0 Å². The summed E-state index contributed by atoms with van der Waals surface area (Å²) in [4.78, 5) is 135. The third-order valence-corrected chi connectivity index (χ3v) is 8.20. The number of aliphatic carboxylic acids is 1. The SMILES string of the molecule is CC(NC(=O)CNC(=O)CNC(=O)CNC(=O)C(CCC(N)=O)NC(=O)CNC(=O)C1CCCN1)C(=O)N[C@@H](C)C(=O)N1CCCC1C(=O)NCC(=O)O. The van der Waals surface area contributed by atoms with E-state index in [4.69, 9.17) is 10.8 Å². The molecule has 300 valence electrons. The van der Waals surface area contributed by atoms with Gasteiger partial charge in [0.25, 0.3) is 0 Å². The maximum Gasteiger partial charge on any atom is 0.322 e. The molecule has 23 nitrogen and oxygen atoms in total. The number of carboxylic acid groups (broad SMARTS) is 1. The third-order valence-electron chi connectivity index (χ3n) is 8.20. The number of nitrogens with zero attached hydrogens (tertiary/aromatic N) is 1. The zero-order valence-corrected chi connectivity index (χ0v) is 30.0. The van der Waals surface area contributed by atoms with Crippen LogP contribution in [0.5, 0.6) is 0 Å². The molecule has 0 saturated carbocycles. The molecule has 2 fully saturated rings. The van der Waals surface area contributed by atoms with E-state index in [1.54, 1.807) is 0 Å². The predicted molar refractivity (Wildman–Crippen MR) is 184 cm³/mol. The number of likely N-dealkylation sites (tertiary alicyclic amines) is 1. The Morgan fingerprint density at radius 1 is 0.685 bits per heavy atom. The van der Waals surface area contributed by atoms with Crippen LogP contribution in [0.4, 0.5) is 0 Å². The summed E-state index contributed by atoms with van der Waals surface area (Å²) >= 11 is 0. The first-order valence-electron chi connectivity index (χ1n) is 17.3. The average molecular weight is 768 g/mol. The van der Waals surface area contributed by atoms with E-state index in [2.05, 4.69) is 47.9 Å². The summed E-state index contributed by atoms with van der Waals surface area (Å²) in [7, 11) is 0. The molecule has 0 aromatic carbocycles. The van der Waals surface area contributed by atoms with Gasteiger partial charge in [0.05, 0.1) is 32.2 Å². The number of primary amides is 1. The van der Waals surface area contributed by atoms with Crippen LogP contribution in [0.1, 0.15) is 52.4 Å². The Balaban J connectivity index is 1.71. The van der Waals surface area contributed by atoms with Crippen LogP contribution in [0.3, 0.4) is 0 Å². The van der Waals surface area contributed by atoms with Gasteiger partial charge >= 0.3 is 5.97 Å². The molecular weight excluding hydrogens is 718 g/mol. The molecule has 12 N–H and O–H groups in total. The molecule has 2 aliphatic rings. The third kappa shape index (κ3) is 15.8. The van der Waals surface area contributed by atoms with Crippen LogP contribution in [0.25, 0.3) is 0 Å². The van der Waals surface area contributed by atoms with Gasteiger partial charge in [-0.1, -0.05) is 0 Å². The van der Waals surface area contributed by atoms with Crippen LogP contribution in [0.2, 0.25) is 0 Å². The number of hydrogen-bond acceptors (Lipinski definition) is 12. The number of rotatable bonds is 21. The van der Waals surface area contributed by atoms with E-state index in [1.165, 1.54) is 18.7 Å². The monoisotopic (exact) mass is 767 g/mol. The molecule has 23 heteroatoms. The Labute approximate surface area is 309 Å². The minimum absolute atomic E-state index is 0.189. The number of nitrogens with two attached hydrogens (primary N) is 1. The van der Waals surface area contributed by atoms with Gasteiger partial charge in [0.15, 0.2) is 0 Å². The number of carbonyl (C=O) groups excluding carboxylic acids is 10. The maximum atomic E-state index is 12.9. The molecule has 0 aromatic rings. The molecule has 0 aromatic heterocycles. The second kappa shape index (κ2) is 22.3. The highest BCUT2D eigenvalue weighted by molar-refractivity contribution is 5.96. The number of carboxylic acids is 1. The Morgan fingerprint density at radius 2 is 1.28 bits per heavy atom. The van der Waals surface area contributed by atoms with Gasteiger partial charge in [0, 0.05) is 13.0 Å². The van der Waals surface area contributed by atoms with E-state index < -0.39 is 122 Å². The van der Waals surface area contributed by atoms with E-state index >= 15 is 0 Å². The fraction of sp³-hybridized carbons (Fsp3) is 0.645. The van der Waals surface area contributed by atoms with Gasteiger partial charge < -0.3 is 63.6 Å². The fourth-order valence-corrected chi connectivity index (χ4v) is 5.36. The van der Waals surface area contributed by atoms with Crippen LogP contribution >= 0.6 is 0 Å². The second-order valence-corrected chi connectivity index (χ2v) is 12.6. The molecule has 2 aliphatic heterocycles. The summed E-state index contributed by atoms with van der Waals surface area (Å²) < 4.78 is 0. The van der Waals surface area contributed by atoms with Crippen molar-refractivity contribution < 1.29 is 57.8 Å². The highest BCUT2D eigenvalue weighted by Gasteiger charge is 2.37. The molecule has 0 radical (unpaired) electrons. The van der Waals surface area contributed by atoms with Gasteiger partial charge in [-0.2, -0.15) is 0 Å². The van der Waals surface area contributed by atoms with Gasteiger partial charge in [-0.3, -0.25) is 52.7 Å². The largest absolute Gasteiger partial charge is 0.480 e. The molecule has 4 unspecified atom stereocenters. The summed E-state index contributed by atoms with van der Waals surface area (Å²) in [5.74, 6) is -8.24. The quantitative estimate of drug-likeness (QED) is 0.0518. The first kappa shape index (κ1) is 44.3. The molecule has 54 heavy (non-hydrogen) atoms. The topological polar surface area (TPSA) is 346 Å². The van der Waals surface area contributed by atoms with Crippen molar-refractivity contribution in [3.05, 3.63) is 0 Å². The zero-order valence-electron chi connectivity index (χ0n) is 30.0. The second-order valence-electron chi connectivity index (χ2n) is 12.6. The number of hydrogen-bond donors (Lipinski definition) is 11. The van der Waals surface area contributed by atoms with Crippen LogP contribution in [0, 0.1) is 0 Å². The van der Waals surface area contributed by atoms with Crippen LogP contribution < -0.4 is 53.6 Å². The molecule has 0 aliphatic carbocycles. The molecule has 0 spiro atoms. The summed E-state index contributed by atoms with van der Waals surface area (Å²) in [6.07, 6.45) is 1.80. The van der Waals surface area contributed by atoms with Crippen molar-refractivity contribution >= 4 is 65.0 Å². The van der Waals surface area contributed by atoms with Crippen molar-refractivity contribution in [2.45, 2.75) is 82.6 Å². The van der Waals surface area contributed by atoms with Gasteiger partial charge in [0.1, 0.15) is 30.7 Å². The van der Waals surface area contributed by atoms with Crippen LogP contribution in [-0.4, -0.2) is 151 Å². The lowest BCUT2D eigenvalue weighted by molar-refractivity contribution is -0.142. The fourth-order valence-electron chi connectivity index (χ4n) is 5.36.